The lowest BCUT2D eigenvalue weighted by Gasteiger charge is -2.21. The number of nitrogens with two attached hydrogens (primary N) is 1. The number of carbonyl (C=O) groups excluding carboxylic acids is 1. The van der Waals surface area contributed by atoms with Crippen molar-refractivity contribution in [2.45, 2.75) is 57.1 Å². The van der Waals surface area contributed by atoms with Gasteiger partial charge in [-0.3, -0.25) is 4.79 Å². The van der Waals surface area contributed by atoms with Crippen LogP contribution < -0.4 is 11.1 Å². The summed E-state index contributed by atoms with van der Waals surface area (Å²) in [6.45, 7) is -0.544. The first-order valence-corrected chi connectivity index (χ1v) is 10.3. The Bertz CT molecular complexity index is 761. The Morgan fingerprint density at radius 3 is 1.61 bits per heavy atom. The van der Waals surface area contributed by atoms with Crippen LogP contribution in [0, 0.1) is 0 Å². The standard InChI is InChI=1S/C9H6F6O.C8H16N2O.C6H6/c10-8(11,12)6-1-5(4-16)2-7(3-6)9(13,14)15;9-8(11)6-10-7-4-2-1-3-5-7;1-2-4-6-5-3-1/h1-3,16H,4H2;7,10H,1-6H2,(H2,9,11);1-6H. The summed E-state index contributed by atoms with van der Waals surface area (Å²) in [7, 11) is 0. The fraction of sp³-hybridized carbons (Fsp3) is 0.435. The van der Waals surface area contributed by atoms with E-state index >= 15 is 0 Å². The van der Waals surface area contributed by atoms with E-state index in [1.165, 1.54) is 32.1 Å². The number of alkyl halides is 6. The average Bonchev–Trinajstić information content (AvgIpc) is 2.79. The number of hydrogen-bond acceptors (Lipinski definition) is 3. The van der Waals surface area contributed by atoms with Crippen LogP contribution >= 0.6 is 0 Å². The highest BCUT2D eigenvalue weighted by Gasteiger charge is 2.36. The van der Waals surface area contributed by atoms with Crippen LogP contribution in [-0.2, 0) is 23.8 Å². The minimum Gasteiger partial charge on any atom is -0.392 e. The molecule has 4 N–H and O–H groups in total. The minimum atomic E-state index is -4.87. The van der Waals surface area contributed by atoms with E-state index in [1.54, 1.807) is 0 Å². The van der Waals surface area contributed by atoms with Crippen LogP contribution in [0.3, 0.4) is 0 Å². The Morgan fingerprint density at radius 2 is 1.27 bits per heavy atom. The molecular formula is C23H28F6N2O2. The Labute approximate surface area is 188 Å². The number of primary amides is 1. The zero-order valence-corrected chi connectivity index (χ0v) is 17.9. The van der Waals surface area contributed by atoms with Gasteiger partial charge >= 0.3 is 12.4 Å². The predicted octanol–water partition coefficient (Wildman–Crippen LogP) is 5.30. The van der Waals surface area contributed by atoms with E-state index in [2.05, 4.69) is 5.32 Å². The van der Waals surface area contributed by atoms with Crippen molar-refractivity contribution >= 4 is 5.91 Å². The van der Waals surface area contributed by atoms with Crippen molar-refractivity contribution in [1.82, 2.24) is 5.32 Å². The molecule has 2 aromatic rings. The molecule has 0 radical (unpaired) electrons. The van der Waals surface area contributed by atoms with E-state index in [-0.39, 0.29) is 12.0 Å². The molecule has 1 aliphatic rings. The van der Waals surface area contributed by atoms with Gasteiger partial charge in [0, 0.05) is 6.04 Å². The van der Waals surface area contributed by atoms with Crippen LogP contribution in [0.1, 0.15) is 48.8 Å². The number of benzene rings is 2. The van der Waals surface area contributed by atoms with E-state index in [9.17, 15) is 31.1 Å². The predicted molar refractivity (Wildman–Crippen MR) is 113 cm³/mol. The highest BCUT2D eigenvalue weighted by Crippen LogP contribution is 2.36. The van der Waals surface area contributed by atoms with Gasteiger partial charge in [0.05, 0.1) is 24.3 Å². The van der Waals surface area contributed by atoms with Crippen molar-refractivity contribution in [2.24, 2.45) is 5.73 Å². The molecule has 10 heteroatoms. The summed E-state index contributed by atoms with van der Waals surface area (Å²) < 4.78 is 73.3. The van der Waals surface area contributed by atoms with Crippen LogP contribution in [0.15, 0.2) is 54.6 Å². The number of carbonyl (C=O) groups is 1. The van der Waals surface area contributed by atoms with Crippen LogP contribution in [0.5, 0.6) is 0 Å². The molecular weight excluding hydrogens is 450 g/mol. The molecule has 0 aromatic heterocycles. The van der Waals surface area contributed by atoms with Crippen LogP contribution in [0.4, 0.5) is 26.3 Å². The highest BCUT2D eigenvalue weighted by molar-refractivity contribution is 5.75. The lowest BCUT2D eigenvalue weighted by molar-refractivity contribution is -0.143. The van der Waals surface area contributed by atoms with E-state index < -0.39 is 35.6 Å². The van der Waals surface area contributed by atoms with Gasteiger partial charge in [0.2, 0.25) is 5.91 Å². The maximum atomic E-state index is 12.2. The number of nitrogens with one attached hydrogen (secondary N) is 1. The second kappa shape index (κ2) is 13.8. The molecule has 0 bridgehead atoms. The highest BCUT2D eigenvalue weighted by atomic mass is 19.4. The molecule has 3 rings (SSSR count). The largest absolute Gasteiger partial charge is 0.416 e. The number of amides is 1. The van der Waals surface area contributed by atoms with Gasteiger partial charge < -0.3 is 16.2 Å². The fourth-order valence-electron chi connectivity index (χ4n) is 3.05. The Balaban J connectivity index is 0.000000274. The topological polar surface area (TPSA) is 75.4 Å². The SMILES string of the molecule is NC(=O)CNC1CCCCC1.OCc1cc(C(F)(F)F)cc(C(F)(F)F)c1.c1ccccc1. The summed E-state index contributed by atoms with van der Waals surface area (Å²) in [5, 5.41) is 11.7. The third kappa shape index (κ3) is 12.3. The van der Waals surface area contributed by atoms with E-state index in [0.717, 1.165) is 0 Å². The molecule has 1 aliphatic carbocycles. The summed E-state index contributed by atoms with van der Waals surface area (Å²) in [5.74, 6) is -0.254. The summed E-state index contributed by atoms with van der Waals surface area (Å²) in [6.07, 6.45) is -3.42. The minimum absolute atomic E-state index is 0.0131. The number of aliphatic hydroxyl groups excluding tert-OH is 1. The number of halogens is 6. The second-order valence-corrected chi connectivity index (χ2v) is 7.41. The lowest BCUT2D eigenvalue weighted by atomic mass is 9.95. The number of aliphatic hydroxyl groups is 1. The zero-order chi connectivity index (χ0) is 24.9. The Kier molecular flexibility index (Phi) is 11.9. The lowest BCUT2D eigenvalue weighted by Crippen LogP contribution is -2.37. The molecule has 0 heterocycles. The molecule has 0 atom stereocenters. The van der Waals surface area contributed by atoms with Crippen molar-refractivity contribution in [3.63, 3.8) is 0 Å². The normalized spacial score (nSPS) is 14.4. The summed E-state index contributed by atoms with van der Waals surface area (Å²) >= 11 is 0. The number of rotatable bonds is 4. The molecule has 1 amide bonds. The molecule has 0 spiro atoms. The van der Waals surface area contributed by atoms with Crippen molar-refractivity contribution < 1.29 is 36.2 Å². The van der Waals surface area contributed by atoms with Gasteiger partial charge in [0.1, 0.15) is 0 Å². The first-order chi connectivity index (χ1) is 15.4. The third-order valence-electron chi connectivity index (χ3n) is 4.67. The van der Waals surface area contributed by atoms with Gasteiger partial charge in [-0.1, -0.05) is 55.7 Å². The van der Waals surface area contributed by atoms with Crippen LogP contribution in [0.2, 0.25) is 0 Å². The van der Waals surface area contributed by atoms with Crippen molar-refractivity contribution in [3.05, 3.63) is 71.3 Å². The first-order valence-electron chi connectivity index (χ1n) is 10.3. The van der Waals surface area contributed by atoms with E-state index in [1.807, 2.05) is 36.4 Å². The molecule has 2 aromatic carbocycles. The molecule has 1 fully saturated rings. The maximum absolute atomic E-state index is 12.2. The van der Waals surface area contributed by atoms with Gasteiger partial charge in [-0.25, -0.2) is 0 Å². The van der Waals surface area contributed by atoms with Gasteiger partial charge in [-0.2, -0.15) is 26.3 Å². The van der Waals surface area contributed by atoms with Gasteiger partial charge in [-0.15, -0.1) is 0 Å². The van der Waals surface area contributed by atoms with Crippen molar-refractivity contribution in [2.75, 3.05) is 6.54 Å². The Hall–Kier alpha value is -2.59. The van der Waals surface area contributed by atoms with Crippen LogP contribution in [-0.4, -0.2) is 23.6 Å². The molecule has 4 nitrogen and oxygen atoms in total. The third-order valence-corrected chi connectivity index (χ3v) is 4.67. The summed E-state index contributed by atoms with van der Waals surface area (Å²) in [4.78, 5) is 10.4. The van der Waals surface area contributed by atoms with Gasteiger partial charge in [0.25, 0.3) is 0 Å². The monoisotopic (exact) mass is 478 g/mol. The van der Waals surface area contributed by atoms with E-state index in [0.29, 0.717) is 24.7 Å². The fourth-order valence-corrected chi connectivity index (χ4v) is 3.05. The van der Waals surface area contributed by atoms with Crippen molar-refractivity contribution in [1.29, 1.82) is 0 Å². The second-order valence-electron chi connectivity index (χ2n) is 7.41. The number of hydrogen-bond donors (Lipinski definition) is 3. The smallest absolute Gasteiger partial charge is 0.392 e. The van der Waals surface area contributed by atoms with Crippen LogP contribution in [0.25, 0.3) is 0 Å². The molecule has 184 valence electrons. The van der Waals surface area contributed by atoms with Crippen molar-refractivity contribution in [3.8, 4) is 0 Å². The summed E-state index contributed by atoms with van der Waals surface area (Å²) in [5.41, 5.74) is 1.73. The molecule has 0 aliphatic heterocycles. The van der Waals surface area contributed by atoms with Gasteiger partial charge in [-0.05, 0) is 36.6 Å². The zero-order valence-electron chi connectivity index (χ0n) is 17.9. The summed E-state index contributed by atoms with van der Waals surface area (Å²) in [6, 6.07) is 13.5. The first kappa shape index (κ1) is 28.4. The molecule has 0 unspecified atom stereocenters. The quantitative estimate of drug-likeness (QED) is 0.523. The maximum Gasteiger partial charge on any atom is 0.416 e. The molecule has 0 saturated heterocycles. The van der Waals surface area contributed by atoms with E-state index in [4.69, 9.17) is 10.8 Å². The Morgan fingerprint density at radius 1 is 0.848 bits per heavy atom. The van der Waals surface area contributed by atoms with Gasteiger partial charge in [0.15, 0.2) is 0 Å². The average molecular weight is 478 g/mol. The molecule has 1 saturated carbocycles. The molecule has 33 heavy (non-hydrogen) atoms.